The molecule has 0 aromatic heterocycles. The van der Waals surface area contributed by atoms with Gasteiger partial charge in [0, 0.05) is 32.8 Å². The van der Waals surface area contributed by atoms with Gasteiger partial charge in [0.25, 0.3) is 0 Å². The third-order valence-corrected chi connectivity index (χ3v) is 2.77. The molecule has 1 saturated heterocycles. The minimum Gasteiger partial charge on any atom is -0.376 e. The molecule has 1 aliphatic rings. The van der Waals surface area contributed by atoms with Gasteiger partial charge in [-0.1, -0.05) is 0 Å². The maximum absolute atomic E-state index is 5.87. The van der Waals surface area contributed by atoms with Crippen molar-refractivity contribution >= 4 is 0 Å². The Kier molecular flexibility index (Phi) is 5.18. The Morgan fingerprint density at radius 3 is 2.75 bits per heavy atom. The molecule has 0 aliphatic carbocycles. The first kappa shape index (κ1) is 13.9. The summed E-state index contributed by atoms with van der Waals surface area (Å²) in [4.78, 5) is 2.39. The van der Waals surface area contributed by atoms with Crippen LogP contribution in [0.5, 0.6) is 0 Å². The SMILES string of the molecule is CCOC(CN)CN1CC(C)OC(C)(C)C1. The van der Waals surface area contributed by atoms with Crippen LogP contribution in [0.3, 0.4) is 0 Å². The Balaban J connectivity index is 2.46. The molecule has 1 aliphatic heterocycles. The maximum atomic E-state index is 5.87. The standard InChI is InChI=1S/C12H26N2O2/c1-5-15-11(6-13)8-14-7-10(2)16-12(3,4)9-14/h10-11H,5-9,13H2,1-4H3. The molecule has 2 N–H and O–H groups in total. The predicted molar refractivity (Wildman–Crippen MR) is 65.5 cm³/mol. The molecule has 0 saturated carbocycles. The highest BCUT2D eigenvalue weighted by atomic mass is 16.5. The van der Waals surface area contributed by atoms with Gasteiger partial charge in [-0.05, 0) is 27.7 Å². The molecule has 16 heavy (non-hydrogen) atoms. The lowest BCUT2D eigenvalue weighted by Crippen LogP contribution is -2.54. The maximum Gasteiger partial charge on any atom is 0.0823 e. The lowest BCUT2D eigenvalue weighted by atomic mass is 10.1. The molecule has 1 fully saturated rings. The summed E-state index contributed by atoms with van der Waals surface area (Å²) in [5.74, 6) is 0. The summed E-state index contributed by atoms with van der Waals surface area (Å²) in [5.41, 5.74) is 5.63. The number of ether oxygens (including phenoxy) is 2. The van der Waals surface area contributed by atoms with Crippen molar-refractivity contribution in [3.8, 4) is 0 Å². The molecule has 2 atom stereocenters. The van der Waals surface area contributed by atoms with Crippen molar-refractivity contribution in [2.75, 3.05) is 32.8 Å². The fourth-order valence-corrected chi connectivity index (χ4v) is 2.44. The highest BCUT2D eigenvalue weighted by Crippen LogP contribution is 2.20. The van der Waals surface area contributed by atoms with Gasteiger partial charge in [-0.2, -0.15) is 0 Å². The first-order chi connectivity index (χ1) is 7.46. The highest BCUT2D eigenvalue weighted by Gasteiger charge is 2.32. The Morgan fingerprint density at radius 1 is 1.56 bits per heavy atom. The summed E-state index contributed by atoms with van der Waals surface area (Å²) >= 11 is 0. The Hall–Kier alpha value is -0.160. The molecule has 0 spiro atoms. The smallest absolute Gasteiger partial charge is 0.0823 e. The van der Waals surface area contributed by atoms with E-state index in [1.165, 1.54) is 0 Å². The quantitative estimate of drug-likeness (QED) is 0.760. The van der Waals surface area contributed by atoms with Gasteiger partial charge < -0.3 is 15.2 Å². The van der Waals surface area contributed by atoms with Crippen molar-refractivity contribution < 1.29 is 9.47 Å². The zero-order valence-corrected chi connectivity index (χ0v) is 11.0. The third-order valence-electron chi connectivity index (χ3n) is 2.77. The van der Waals surface area contributed by atoms with Gasteiger partial charge in [0.2, 0.25) is 0 Å². The second kappa shape index (κ2) is 5.96. The van der Waals surface area contributed by atoms with Crippen LogP contribution in [0.1, 0.15) is 27.7 Å². The van der Waals surface area contributed by atoms with Gasteiger partial charge in [-0.15, -0.1) is 0 Å². The molecule has 4 heteroatoms. The minimum atomic E-state index is -0.0664. The van der Waals surface area contributed by atoms with Crippen LogP contribution in [0.2, 0.25) is 0 Å². The van der Waals surface area contributed by atoms with Crippen LogP contribution < -0.4 is 5.73 Å². The van der Waals surface area contributed by atoms with E-state index in [4.69, 9.17) is 15.2 Å². The topological polar surface area (TPSA) is 47.7 Å². The van der Waals surface area contributed by atoms with Crippen molar-refractivity contribution in [1.29, 1.82) is 0 Å². The fourth-order valence-electron chi connectivity index (χ4n) is 2.44. The molecule has 2 unspecified atom stereocenters. The molecule has 0 amide bonds. The number of rotatable bonds is 5. The summed E-state index contributed by atoms with van der Waals surface area (Å²) in [7, 11) is 0. The van der Waals surface area contributed by atoms with Crippen LogP contribution in [0.4, 0.5) is 0 Å². The van der Waals surface area contributed by atoms with Crippen LogP contribution >= 0.6 is 0 Å². The molecule has 0 aromatic carbocycles. The molecule has 4 nitrogen and oxygen atoms in total. The molecular formula is C12H26N2O2. The van der Waals surface area contributed by atoms with Crippen molar-refractivity contribution in [1.82, 2.24) is 4.90 Å². The van der Waals surface area contributed by atoms with Crippen LogP contribution in [0.15, 0.2) is 0 Å². The van der Waals surface area contributed by atoms with E-state index < -0.39 is 0 Å². The summed E-state index contributed by atoms with van der Waals surface area (Å²) in [6, 6.07) is 0. The van der Waals surface area contributed by atoms with Crippen LogP contribution in [-0.4, -0.2) is 55.5 Å². The normalized spacial score (nSPS) is 27.9. The van der Waals surface area contributed by atoms with Gasteiger partial charge in [0.15, 0.2) is 0 Å². The number of nitrogens with two attached hydrogens (primary N) is 1. The summed E-state index contributed by atoms with van der Waals surface area (Å²) in [6.45, 7) is 12.5. The van der Waals surface area contributed by atoms with E-state index in [1.807, 2.05) is 6.92 Å². The van der Waals surface area contributed by atoms with Crippen molar-refractivity contribution in [3.63, 3.8) is 0 Å². The number of hydrogen-bond acceptors (Lipinski definition) is 4. The Morgan fingerprint density at radius 2 is 2.25 bits per heavy atom. The third kappa shape index (κ3) is 4.37. The van der Waals surface area contributed by atoms with E-state index in [0.717, 1.165) is 26.2 Å². The van der Waals surface area contributed by atoms with E-state index in [9.17, 15) is 0 Å². The number of morpholine rings is 1. The molecule has 0 aromatic rings. The second-order valence-electron chi connectivity index (χ2n) is 5.20. The van der Waals surface area contributed by atoms with Gasteiger partial charge in [-0.3, -0.25) is 4.90 Å². The molecule has 1 rings (SSSR count). The predicted octanol–water partition coefficient (Wildman–Crippen LogP) is 0.850. The lowest BCUT2D eigenvalue weighted by molar-refractivity contribution is -0.135. The molecule has 0 radical (unpaired) electrons. The summed E-state index contributed by atoms with van der Waals surface area (Å²) < 4.78 is 11.5. The second-order valence-corrected chi connectivity index (χ2v) is 5.20. The van der Waals surface area contributed by atoms with Crippen LogP contribution in [-0.2, 0) is 9.47 Å². The largest absolute Gasteiger partial charge is 0.376 e. The number of hydrogen-bond donors (Lipinski definition) is 1. The summed E-state index contributed by atoms with van der Waals surface area (Å²) in [5, 5.41) is 0. The van der Waals surface area contributed by atoms with Crippen molar-refractivity contribution in [3.05, 3.63) is 0 Å². The fraction of sp³-hybridized carbons (Fsp3) is 1.00. The zero-order valence-electron chi connectivity index (χ0n) is 11.0. The van der Waals surface area contributed by atoms with Crippen LogP contribution in [0, 0.1) is 0 Å². The Bertz CT molecular complexity index is 209. The van der Waals surface area contributed by atoms with E-state index in [-0.39, 0.29) is 17.8 Å². The van der Waals surface area contributed by atoms with Crippen molar-refractivity contribution in [2.45, 2.75) is 45.5 Å². The molecule has 0 bridgehead atoms. The van der Waals surface area contributed by atoms with E-state index in [2.05, 4.69) is 25.7 Å². The lowest BCUT2D eigenvalue weighted by Gasteiger charge is -2.42. The van der Waals surface area contributed by atoms with Crippen LogP contribution in [0.25, 0.3) is 0 Å². The Labute approximate surface area is 99.1 Å². The monoisotopic (exact) mass is 230 g/mol. The number of nitrogens with zero attached hydrogens (tertiary/aromatic N) is 1. The van der Waals surface area contributed by atoms with E-state index in [0.29, 0.717) is 6.54 Å². The first-order valence-corrected chi connectivity index (χ1v) is 6.18. The van der Waals surface area contributed by atoms with Gasteiger partial charge >= 0.3 is 0 Å². The van der Waals surface area contributed by atoms with E-state index in [1.54, 1.807) is 0 Å². The van der Waals surface area contributed by atoms with Gasteiger partial charge in [0.05, 0.1) is 17.8 Å². The zero-order chi connectivity index (χ0) is 12.2. The molecular weight excluding hydrogens is 204 g/mol. The summed E-state index contributed by atoms with van der Waals surface area (Å²) in [6.07, 6.45) is 0.426. The molecule has 96 valence electrons. The highest BCUT2D eigenvalue weighted by molar-refractivity contribution is 4.83. The molecule has 1 heterocycles. The minimum absolute atomic E-state index is 0.0664. The average Bonchev–Trinajstić information content (AvgIpc) is 2.13. The van der Waals surface area contributed by atoms with Crippen molar-refractivity contribution in [2.24, 2.45) is 5.73 Å². The van der Waals surface area contributed by atoms with Gasteiger partial charge in [-0.25, -0.2) is 0 Å². The first-order valence-electron chi connectivity index (χ1n) is 6.18. The van der Waals surface area contributed by atoms with E-state index >= 15 is 0 Å². The average molecular weight is 230 g/mol. The van der Waals surface area contributed by atoms with Gasteiger partial charge in [0.1, 0.15) is 0 Å².